The van der Waals surface area contributed by atoms with Gasteiger partial charge in [0.25, 0.3) is 0 Å². The maximum Gasteiger partial charge on any atom is 0.406 e. The molecule has 1 atom stereocenters. The zero-order chi connectivity index (χ0) is 10.8. The summed E-state index contributed by atoms with van der Waals surface area (Å²) in [5.41, 5.74) is -2.35. The van der Waals surface area contributed by atoms with Gasteiger partial charge in [-0.3, -0.25) is 4.79 Å². The quantitative estimate of drug-likeness (QED) is 0.660. The van der Waals surface area contributed by atoms with Gasteiger partial charge in [-0.05, 0) is 19.4 Å². The summed E-state index contributed by atoms with van der Waals surface area (Å²) in [7, 11) is 0.977. The standard InChI is InChI=1S/C8H12F3NO2/c1-14-6(13)7(8(9,10)11)3-2-4-12-5-7/h12H,2-5H2,1H3. The van der Waals surface area contributed by atoms with E-state index in [1.165, 1.54) is 0 Å². The fraction of sp³-hybridized carbons (Fsp3) is 0.875. The SMILES string of the molecule is COC(=O)C1(C(F)(F)F)CCCNC1. The maximum atomic E-state index is 12.7. The highest BCUT2D eigenvalue weighted by Crippen LogP contribution is 2.43. The molecule has 0 aliphatic carbocycles. The van der Waals surface area contributed by atoms with Crippen molar-refractivity contribution in [2.45, 2.75) is 19.0 Å². The average molecular weight is 211 g/mol. The summed E-state index contributed by atoms with van der Waals surface area (Å²) in [6, 6.07) is 0. The monoisotopic (exact) mass is 211 g/mol. The largest absolute Gasteiger partial charge is 0.468 e. The van der Waals surface area contributed by atoms with E-state index in [2.05, 4.69) is 10.1 Å². The van der Waals surface area contributed by atoms with Crippen LogP contribution in [0.2, 0.25) is 0 Å². The normalized spacial score (nSPS) is 28.6. The molecular formula is C8H12F3NO2. The Balaban J connectivity index is 2.94. The number of rotatable bonds is 1. The lowest BCUT2D eigenvalue weighted by Gasteiger charge is -2.36. The van der Waals surface area contributed by atoms with Crippen molar-refractivity contribution in [3.05, 3.63) is 0 Å². The molecule has 0 bridgehead atoms. The number of nitrogens with one attached hydrogen (secondary N) is 1. The molecule has 0 aromatic carbocycles. The number of esters is 1. The zero-order valence-electron chi connectivity index (χ0n) is 7.78. The molecule has 1 saturated heterocycles. The van der Waals surface area contributed by atoms with Gasteiger partial charge in [-0.15, -0.1) is 0 Å². The third-order valence-electron chi connectivity index (χ3n) is 2.50. The predicted molar refractivity (Wildman–Crippen MR) is 42.6 cm³/mol. The molecule has 0 amide bonds. The predicted octanol–water partition coefficient (Wildman–Crippen LogP) is 1.09. The van der Waals surface area contributed by atoms with Gasteiger partial charge in [0.05, 0.1) is 7.11 Å². The Labute approximate surface area is 79.6 Å². The molecule has 1 unspecified atom stereocenters. The minimum Gasteiger partial charge on any atom is -0.468 e. The molecule has 1 rings (SSSR count). The van der Waals surface area contributed by atoms with E-state index < -0.39 is 17.6 Å². The zero-order valence-corrected chi connectivity index (χ0v) is 7.78. The van der Waals surface area contributed by atoms with Gasteiger partial charge in [0.1, 0.15) is 0 Å². The van der Waals surface area contributed by atoms with E-state index in [1.807, 2.05) is 0 Å². The summed E-state index contributed by atoms with van der Waals surface area (Å²) < 4.78 is 42.3. The van der Waals surface area contributed by atoms with E-state index in [0.29, 0.717) is 13.0 Å². The van der Waals surface area contributed by atoms with Gasteiger partial charge in [-0.1, -0.05) is 0 Å². The lowest BCUT2D eigenvalue weighted by Crippen LogP contribution is -2.55. The highest BCUT2D eigenvalue weighted by Gasteiger charge is 2.61. The first-order valence-electron chi connectivity index (χ1n) is 4.30. The van der Waals surface area contributed by atoms with E-state index in [4.69, 9.17) is 0 Å². The first kappa shape index (κ1) is 11.3. The Morgan fingerprint density at radius 2 is 2.14 bits per heavy atom. The van der Waals surface area contributed by atoms with Gasteiger partial charge in [-0.2, -0.15) is 13.2 Å². The maximum absolute atomic E-state index is 12.7. The van der Waals surface area contributed by atoms with Crippen LogP contribution in [0.1, 0.15) is 12.8 Å². The van der Waals surface area contributed by atoms with Crippen molar-refractivity contribution in [2.75, 3.05) is 20.2 Å². The summed E-state index contributed by atoms with van der Waals surface area (Å²) in [6.07, 6.45) is -4.42. The third kappa shape index (κ3) is 1.70. The van der Waals surface area contributed by atoms with Crippen LogP contribution < -0.4 is 5.32 Å². The number of methoxy groups -OCH3 is 1. The minimum absolute atomic E-state index is 0.198. The van der Waals surface area contributed by atoms with Gasteiger partial charge < -0.3 is 10.1 Å². The van der Waals surface area contributed by atoms with Crippen molar-refractivity contribution in [3.63, 3.8) is 0 Å². The highest BCUT2D eigenvalue weighted by molar-refractivity contribution is 5.78. The van der Waals surface area contributed by atoms with E-state index in [1.54, 1.807) is 0 Å². The number of alkyl halides is 3. The first-order valence-corrected chi connectivity index (χ1v) is 4.30. The summed E-state index contributed by atoms with van der Waals surface area (Å²) >= 11 is 0. The van der Waals surface area contributed by atoms with Crippen LogP contribution in [0.3, 0.4) is 0 Å². The van der Waals surface area contributed by atoms with Crippen molar-refractivity contribution < 1.29 is 22.7 Å². The second kappa shape index (κ2) is 3.76. The fourth-order valence-electron chi connectivity index (χ4n) is 1.63. The second-order valence-corrected chi connectivity index (χ2v) is 3.35. The van der Waals surface area contributed by atoms with Crippen molar-refractivity contribution in [3.8, 4) is 0 Å². The van der Waals surface area contributed by atoms with Crippen molar-refractivity contribution >= 4 is 5.97 Å². The molecule has 14 heavy (non-hydrogen) atoms. The summed E-state index contributed by atoms with van der Waals surface area (Å²) in [5.74, 6) is -1.20. The smallest absolute Gasteiger partial charge is 0.406 e. The molecule has 0 saturated carbocycles. The molecule has 0 spiro atoms. The average Bonchev–Trinajstić information content (AvgIpc) is 2.16. The number of halogens is 3. The van der Waals surface area contributed by atoms with Crippen molar-refractivity contribution in [1.29, 1.82) is 0 Å². The van der Waals surface area contributed by atoms with Crippen LogP contribution in [-0.2, 0) is 9.53 Å². The van der Waals surface area contributed by atoms with E-state index in [-0.39, 0.29) is 13.0 Å². The molecule has 82 valence electrons. The minimum atomic E-state index is -4.55. The first-order chi connectivity index (χ1) is 6.44. The topological polar surface area (TPSA) is 38.3 Å². The van der Waals surface area contributed by atoms with Crippen LogP contribution in [0.15, 0.2) is 0 Å². The van der Waals surface area contributed by atoms with Crippen molar-refractivity contribution in [2.24, 2.45) is 5.41 Å². The fourth-order valence-corrected chi connectivity index (χ4v) is 1.63. The Bertz CT molecular complexity index is 221. The van der Waals surface area contributed by atoms with Gasteiger partial charge in [0.2, 0.25) is 0 Å². The lowest BCUT2D eigenvalue weighted by molar-refractivity contribution is -0.237. The molecule has 3 nitrogen and oxygen atoms in total. The molecule has 1 N–H and O–H groups in total. The Morgan fingerprint density at radius 3 is 2.50 bits per heavy atom. The molecule has 0 aromatic rings. The van der Waals surface area contributed by atoms with Crippen LogP contribution >= 0.6 is 0 Å². The Hall–Kier alpha value is -0.780. The molecule has 6 heteroatoms. The van der Waals surface area contributed by atoms with Crippen LogP contribution in [0.25, 0.3) is 0 Å². The number of ether oxygens (including phenoxy) is 1. The summed E-state index contributed by atoms with van der Waals surface area (Å²) in [4.78, 5) is 11.2. The number of carbonyl (C=O) groups is 1. The Morgan fingerprint density at radius 1 is 1.50 bits per heavy atom. The van der Waals surface area contributed by atoms with E-state index >= 15 is 0 Å². The van der Waals surface area contributed by atoms with Crippen LogP contribution in [-0.4, -0.2) is 32.3 Å². The number of hydrogen-bond acceptors (Lipinski definition) is 3. The van der Waals surface area contributed by atoms with Crippen molar-refractivity contribution in [1.82, 2.24) is 5.32 Å². The molecule has 1 heterocycles. The molecular weight excluding hydrogens is 199 g/mol. The highest BCUT2D eigenvalue weighted by atomic mass is 19.4. The van der Waals surface area contributed by atoms with Gasteiger partial charge >= 0.3 is 12.1 Å². The third-order valence-corrected chi connectivity index (χ3v) is 2.50. The molecule has 1 aliphatic heterocycles. The van der Waals surface area contributed by atoms with Crippen LogP contribution in [0, 0.1) is 5.41 Å². The second-order valence-electron chi connectivity index (χ2n) is 3.35. The summed E-state index contributed by atoms with van der Waals surface area (Å²) in [6.45, 7) is 0.123. The van der Waals surface area contributed by atoms with Gasteiger partial charge in [0, 0.05) is 6.54 Å². The van der Waals surface area contributed by atoms with Crippen LogP contribution in [0.4, 0.5) is 13.2 Å². The van der Waals surface area contributed by atoms with E-state index in [0.717, 1.165) is 7.11 Å². The van der Waals surface area contributed by atoms with Gasteiger partial charge in [0.15, 0.2) is 5.41 Å². The Kier molecular flexibility index (Phi) is 3.04. The molecule has 1 aliphatic rings. The lowest BCUT2D eigenvalue weighted by atomic mass is 9.80. The number of piperidine rings is 1. The van der Waals surface area contributed by atoms with Gasteiger partial charge in [-0.25, -0.2) is 0 Å². The molecule has 0 aromatic heterocycles. The molecule has 0 radical (unpaired) electrons. The van der Waals surface area contributed by atoms with E-state index in [9.17, 15) is 18.0 Å². The van der Waals surface area contributed by atoms with Crippen LogP contribution in [0.5, 0.6) is 0 Å². The molecule has 1 fully saturated rings. The number of hydrogen-bond donors (Lipinski definition) is 1. The number of carbonyl (C=O) groups excluding carboxylic acids is 1. The summed E-state index contributed by atoms with van der Waals surface area (Å²) in [5, 5.41) is 2.58.